The van der Waals surface area contributed by atoms with Crippen molar-refractivity contribution in [2.45, 2.75) is 59.7 Å². The van der Waals surface area contributed by atoms with Crippen molar-refractivity contribution in [2.24, 2.45) is 11.3 Å². The van der Waals surface area contributed by atoms with E-state index < -0.39 is 0 Å². The van der Waals surface area contributed by atoms with E-state index in [4.69, 9.17) is 0 Å². The van der Waals surface area contributed by atoms with E-state index in [9.17, 15) is 4.79 Å². The zero-order valence-electron chi connectivity index (χ0n) is 13.8. The second-order valence-corrected chi connectivity index (χ2v) is 7.75. The molecule has 1 saturated heterocycles. The molecule has 1 fully saturated rings. The van der Waals surface area contributed by atoms with Gasteiger partial charge in [0.15, 0.2) is 0 Å². The molecule has 4 heteroatoms. The number of hydrogen-bond donors (Lipinski definition) is 1. The molecule has 21 heavy (non-hydrogen) atoms. The van der Waals surface area contributed by atoms with Crippen LogP contribution in [0.3, 0.4) is 0 Å². The maximum absolute atomic E-state index is 12.9. The van der Waals surface area contributed by atoms with Gasteiger partial charge in [-0.2, -0.15) is 11.3 Å². The molecule has 3 nitrogen and oxygen atoms in total. The summed E-state index contributed by atoms with van der Waals surface area (Å²) in [6.07, 6.45) is 2.12. The summed E-state index contributed by atoms with van der Waals surface area (Å²) in [5.41, 5.74) is 1.36. The first-order valence-corrected chi connectivity index (χ1v) is 8.92. The number of hydrogen-bond acceptors (Lipinski definition) is 3. The van der Waals surface area contributed by atoms with Gasteiger partial charge in [-0.15, -0.1) is 0 Å². The number of carbonyl (C=O) groups is 1. The van der Waals surface area contributed by atoms with Crippen molar-refractivity contribution in [3.63, 3.8) is 0 Å². The Hall–Kier alpha value is -0.870. The number of nitrogens with one attached hydrogen (secondary N) is 1. The largest absolute Gasteiger partial charge is 0.321 e. The molecule has 0 aromatic carbocycles. The van der Waals surface area contributed by atoms with Gasteiger partial charge in [-0.3, -0.25) is 10.1 Å². The standard InChI is InChI=1S/C17H28N2OS/c1-6-12(3)14-16(20)19(11-17(4,5)7-2)15(18-14)13-8-9-21-10-13/h8-10,12,14-15,18H,6-7,11H2,1-5H3. The Balaban J connectivity index is 2.26. The summed E-state index contributed by atoms with van der Waals surface area (Å²) in [5.74, 6) is 0.635. The van der Waals surface area contributed by atoms with Gasteiger partial charge in [-0.25, -0.2) is 0 Å². The fourth-order valence-corrected chi connectivity index (χ4v) is 3.41. The minimum Gasteiger partial charge on any atom is -0.321 e. The number of amides is 1. The van der Waals surface area contributed by atoms with Crippen LogP contribution in [0.25, 0.3) is 0 Å². The number of thiophene rings is 1. The van der Waals surface area contributed by atoms with E-state index in [0.29, 0.717) is 5.92 Å². The molecule has 0 spiro atoms. The predicted octanol–water partition coefficient (Wildman–Crippen LogP) is 4.03. The highest BCUT2D eigenvalue weighted by Gasteiger charge is 2.43. The molecule has 3 atom stereocenters. The van der Waals surface area contributed by atoms with Gasteiger partial charge in [0.05, 0.1) is 6.04 Å². The third-order valence-electron chi connectivity index (χ3n) is 4.83. The van der Waals surface area contributed by atoms with Crippen molar-refractivity contribution >= 4 is 17.2 Å². The van der Waals surface area contributed by atoms with E-state index in [1.165, 1.54) is 5.56 Å². The first kappa shape index (κ1) is 16.5. The molecule has 0 bridgehead atoms. The third kappa shape index (κ3) is 3.49. The fourth-order valence-electron chi connectivity index (χ4n) is 2.73. The van der Waals surface area contributed by atoms with Crippen LogP contribution in [0.4, 0.5) is 0 Å². The van der Waals surface area contributed by atoms with E-state index in [-0.39, 0.29) is 23.5 Å². The van der Waals surface area contributed by atoms with Gasteiger partial charge in [0.1, 0.15) is 6.17 Å². The lowest BCUT2D eigenvalue weighted by Crippen LogP contribution is -2.39. The highest BCUT2D eigenvalue weighted by Crippen LogP contribution is 2.33. The Morgan fingerprint density at radius 2 is 2.14 bits per heavy atom. The van der Waals surface area contributed by atoms with Gasteiger partial charge in [0.25, 0.3) is 0 Å². The van der Waals surface area contributed by atoms with Crippen LogP contribution >= 0.6 is 11.3 Å². The minimum atomic E-state index is -0.0486. The van der Waals surface area contributed by atoms with Crippen LogP contribution in [0.2, 0.25) is 0 Å². The molecule has 2 rings (SSSR count). The molecule has 2 heterocycles. The number of carbonyl (C=O) groups excluding carboxylic acids is 1. The zero-order valence-corrected chi connectivity index (χ0v) is 14.7. The summed E-state index contributed by atoms with van der Waals surface area (Å²) in [6.45, 7) is 11.8. The van der Waals surface area contributed by atoms with Gasteiger partial charge >= 0.3 is 0 Å². The molecule has 118 valence electrons. The van der Waals surface area contributed by atoms with Crippen LogP contribution in [0.1, 0.15) is 59.2 Å². The predicted molar refractivity (Wildman–Crippen MR) is 89.2 cm³/mol. The smallest absolute Gasteiger partial charge is 0.241 e. The molecular formula is C17H28N2OS. The van der Waals surface area contributed by atoms with Gasteiger partial charge in [0, 0.05) is 6.54 Å². The molecule has 1 N–H and O–H groups in total. The monoisotopic (exact) mass is 308 g/mol. The minimum absolute atomic E-state index is 0.0357. The van der Waals surface area contributed by atoms with Crippen molar-refractivity contribution in [1.29, 1.82) is 0 Å². The first-order valence-electron chi connectivity index (χ1n) is 7.98. The van der Waals surface area contributed by atoms with E-state index in [0.717, 1.165) is 19.4 Å². The molecule has 1 aliphatic rings. The summed E-state index contributed by atoms with van der Waals surface area (Å²) in [5, 5.41) is 7.81. The maximum atomic E-state index is 12.9. The molecule has 0 saturated carbocycles. The topological polar surface area (TPSA) is 32.3 Å². The van der Waals surface area contributed by atoms with E-state index >= 15 is 0 Å². The van der Waals surface area contributed by atoms with Gasteiger partial charge in [-0.05, 0) is 40.1 Å². The van der Waals surface area contributed by atoms with Crippen molar-refractivity contribution < 1.29 is 4.79 Å². The highest BCUT2D eigenvalue weighted by atomic mass is 32.1. The zero-order chi connectivity index (χ0) is 15.6. The first-order chi connectivity index (χ1) is 9.89. The molecule has 0 aliphatic carbocycles. The van der Waals surface area contributed by atoms with Crippen LogP contribution < -0.4 is 5.32 Å². The Labute approximate surface area is 132 Å². The number of nitrogens with zero attached hydrogens (tertiary/aromatic N) is 1. The molecular weight excluding hydrogens is 280 g/mol. The Kier molecular flexibility index (Phi) is 5.10. The quantitative estimate of drug-likeness (QED) is 0.860. The molecule has 1 amide bonds. The van der Waals surface area contributed by atoms with Crippen molar-refractivity contribution in [3.8, 4) is 0 Å². The summed E-state index contributed by atoms with van der Waals surface area (Å²) in [6, 6.07) is 2.08. The Bertz CT molecular complexity index is 469. The molecule has 1 aliphatic heterocycles. The normalized spacial score (nSPS) is 24.6. The van der Waals surface area contributed by atoms with Gasteiger partial charge < -0.3 is 4.90 Å². The lowest BCUT2D eigenvalue weighted by molar-refractivity contribution is -0.132. The molecule has 1 aromatic rings. The third-order valence-corrected chi connectivity index (χ3v) is 5.53. The lowest BCUT2D eigenvalue weighted by atomic mass is 9.89. The van der Waals surface area contributed by atoms with Crippen LogP contribution in [-0.4, -0.2) is 23.4 Å². The molecule has 1 aromatic heterocycles. The summed E-state index contributed by atoms with van der Waals surface area (Å²) < 4.78 is 0. The highest BCUT2D eigenvalue weighted by molar-refractivity contribution is 7.07. The summed E-state index contributed by atoms with van der Waals surface area (Å²) in [4.78, 5) is 14.9. The maximum Gasteiger partial charge on any atom is 0.241 e. The van der Waals surface area contributed by atoms with Crippen molar-refractivity contribution in [3.05, 3.63) is 22.4 Å². The SMILES string of the molecule is CCC(C)C1NC(c2ccsc2)N(CC(C)(C)CC)C1=O. The average molecular weight is 308 g/mol. The molecule has 3 unspecified atom stereocenters. The van der Waals surface area contributed by atoms with E-state index in [2.05, 4.69) is 61.7 Å². The van der Waals surface area contributed by atoms with Crippen LogP contribution in [-0.2, 0) is 4.79 Å². The van der Waals surface area contributed by atoms with Crippen molar-refractivity contribution in [2.75, 3.05) is 6.54 Å². The second kappa shape index (κ2) is 6.49. The Morgan fingerprint density at radius 3 is 2.67 bits per heavy atom. The number of rotatable bonds is 6. The Morgan fingerprint density at radius 1 is 1.43 bits per heavy atom. The second-order valence-electron chi connectivity index (χ2n) is 6.97. The van der Waals surface area contributed by atoms with Crippen molar-refractivity contribution in [1.82, 2.24) is 10.2 Å². The van der Waals surface area contributed by atoms with Gasteiger partial charge in [0.2, 0.25) is 5.91 Å². The summed E-state index contributed by atoms with van der Waals surface area (Å²) >= 11 is 1.69. The van der Waals surface area contributed by atoms with Gasteiger partial charge in [-0.1, -0.05) is 41.0 Å². The molecule has 0 radical (unpaired) electrons. The van der Waals surface area contributed by atoms with E-state index in [1.807, 2.05) is 0 Å². The van der Waals surface area contributed by atoms with Crippen LogP contribution in [0, 0.1) is 11.3 Å². The summed E-state index contributed by atoms with van der Waals surface area (Å²) in [7, 11) is 0. The van der Waals surface area contributed by atoms with Crippen LogP contribution in [0.15, 0.2) is 16.8 Å². The lowest BCUT2D eigenvalue weighted by Gasteiger charge is -2.32. The van der Waals surface area contributed by atoms with Crippen LogP contribution in [0.5, 0.6) is 0 Å². The fraction of sp³-hybridized carbons (Fsp3) is 0.706. The average Bonchev–Trinajstić information content (AvgIpc) is 3.08. The van der Waals surface area contributed by atoms with E-state index in [1.54, 1.807) is 11.3 Å².